The number of carbonyl (C=O) groups is 3. The van der Waals surface area contributed by atoms with E-state index in [0.29, 0.717) is 25.3 Å². The van der Waals surface area contributed by atoms with E-state index in [4.69, 9.17) is 4.74 Å². The predicted molar refractivity (Wildman–Crippen MR) is 134 cm³/mol. The summed E-state index contributed by atoms with van der Waals surface area (Å²) in [6, 6.07) is 17.0. The van der Waals surface area contributed by atoms with Gasteiger partial charge >= 0.3 is 0 Å². The molecule has 3 aromatic rings. The van der Waals surface area contributed by atoms with Crippen molar-refractivity contribution in [3.63, 3.8) is 0 Å². The monoisotopic (exact) mass is 489 g/mol. The molecule has 0 aliphatic carbocycles. The van der Waals surface area contributed by atoms with Crippen molar-refractivity contribution in [3.8, 4) is 5.75 Å². The molecule has 3 amide bonds. The maximum absolute atomic E-state index is 13.6. The number of hydrogen-bond acceptors (Lipinski definition) is 5. The lowest BCUT2D eigenvalue weighted by Crippen LogP contribution is -2.64. The molecule has 1 unspecified atom stereocenters. The number of rotatable bonds is 9. The van der Waals surface area contributed by atoms with Crippen LogP contribution in [0.2, 0.25) is 0 Å². The van der Waals surface area contributed by atoms with Crippen molar-refractivity contribution in [2.24, 2.45) is 0 Å². The molecule has 1 aromatic heterocycles. The smallest absolute Gasteiger partial charge is 0.273 e. The lowest BCUT2D eigenvalue weighted by molar-refractivity contribution is -0.133. The number of benzene rings is 2. The average molecular weight is 490 g/mol. The summed E-state index contributed by atoms with van der Waals surface area (Å²) in [5.41, 5.74) is 0.953. The van der Waals surface area contributed by atoms with E-state index in [9.17, 15) is 14.4 Å². The maximum Gasteiger partial charge on any atom is 0.273 e. The zero-order valence-electron chi connectivity index (χ0n) is 20.8. The topological polar surface area (TPSA) is 106 Å². The minimum Gasteiger partial charge on any atom is -0.497 e. The first-order valence-corrected chi connectivity index (χ1v) is 12.0. The van der Waals surface area contributed by atoms with E-state index < -0.39 is 11.4 Å². The Hall–Kier alpha value is -4.14. The summed E-state index contributed by atoms with van der Waals surface area (Å²) in [4.78, 5) is 45.8. The Morgan fingerprint density at radius 3 is 2.50 bits per heavy atom. The third-order valence-corrected chi connectivity index (χ3v) is 6.39. The van der Waals surface area contributed by atoms with Crippen LogP contribution in [0.3, 0.4) is 0 Å². The van der Waals surface area contributed by atoms with E-state index in [0.717, 1.165) is 11.1 Å². The van der Waals surface area contributed by atoms with Crippen molar-refractivity contribution in [3.05, 3.63) is 83.4 Å². The van der Waals surface area contributed by atoms with Gasteiger partial charge in [-0.1, -0.05) is 49.4 Å². The van der Waals surface area contributed by atoms with Gasteiger partial charge in [-0.05, 0) is 36.6 Å². The Morgan fingerprint density at radius 2 is 1.78 bits per heavy atom. The minimum atomic E-state index is -1.12. The van der Waals surface area contributed by atoms with Gasteiger partial charge in [0.2, 0.25) is 5.91 Å². The number of ether oxygens (including phenoxy) is 1. The molecule has 1 aliphatic heterocycles. The fraction of sp³-hybridized carbons (Fsp3) is 0.333. The molecule has 1 atom stereocenters. The number of fused-ring (bicyclic) bond motifs is 1. The van der Waals surface area contributed by atoms with Gasteiger partial charge in [-0.15, -0.1) is 0 Å². The van der Waals surface area contributed by atoms with Crippen LogP contribution in [-0.2, 0) is 24.4 Å². The number of nitrogens with one attached hydrogen (secondary N) is 2. The summed E-state index contributed by atoms with van der Waals surface area (Å²) in [6.45, 7) is 4.90. The first kappa shape index (κ1) is 25.0. The molecular weight excluding hydrogens is 458 g/mol. The second-order valence-electron chi connectivity index (χ2n) is 9.00. The molecule has 188 valence electrons. The molecule has 2 heterocycles. The summed E-state index contributed by atoms with van der Waals surface area (Å²) in [7, 11) is 1.58. The molecule has 2 aromatic carbocycles. The summed E-state index contributed by atoms with van der Waals surface area (Å²) in [5.74, 6) is -0.397. The molecule has 0 radical (unpaired) electrons. The molecule has 9 heteroatoms. The molecule has 0 saturated heterocycles. The molecule has 2 N–H and O–H groups in total. The van der Waals surface area contributed by atoms with Crippen molar-refractivity contribution in [1.82, 2.24) is 25.1 Å². The summed E-state index contributed by atoms with van der Waals surface area (Å²) in [5, 5.41) is 5.80. The first-order valence-electron chi connectivity index (χ1n) is 12.0. The van der Waals surface area contributed by atoms with Gasteiger partial charge in [0.05, 0.1) is 20.0 Å². The normalized spacial score (nSPS) is 16.9. The second-order valence-corrected chi connectivity index (χ2v) is 9.00. The Labute approximate surface area is 210 Å². The van der Waals surface area contributed by atoms with E-state index in [2.05, 4.69) is 15.6 Å². The Morgan fingerprint density at radius 1 is 1.06 bits per heavy atom. The maximum atomic E-state index is 13.6. The van der Waals surface area contributed by atoms with Gasteiger partial charge in [-0.25, -0.2) is 4.98 Å². The number of imidazole rings is 1. The molecule has 0 saturated carbocycles. The highest BCUT2D eigenvalue weighted by molar-refractivity contribution is 6.07. The van der Waals surface area contributed by atoms with Crippen LogP contribution in [0, 0.1) is 0 Å². The van der Waals surface area contributed by atoms with E-state index >= 15 is 0 Å². The van der Waals surface area contributed by atoms with E-state index in [1.165, 1.54) is 6.33 Å². The number of amides is 3. The Kier molecular flexibility index (Phi) is 7.38. The van der Waals surface area contributed by atoms with Crippen molar-refractivity contribution >= 4 is 17.7 Å². The number of nitrogens with zero attached hydrogens (tertiary/aromatic N) is 3. The lowest BCUT2D eigenvalue weighted by atomic mass is 9.94. The van der Waals surface area contributed by atoms with Crippen LogP contribution >= 0.6 is 0 Å². The molecule has 9 nitrogen and oxygen atoms in total. The van der Waals surface area contributed by atoms with Crippen LogP contribution in [0.25, 0.3) is 0 Å². The molecule has 4 rings (SSSR count). The Balaban J connectivity index is 1.53. The molecule has 0 bridgehead atoms. The number of hydrogen-bond donors (Lipinski definition) is 2. The number of methoxy groups -OCH3 is 1. The summed E-state index contributed by atoms with van der Waals surface area (Å²) >= 11 is 0. The first-order chi connectivity index (χ1) is 17.4. The van der Waals surface area contributed by atoms with Crippen molar-refractivity contribution in [2.75, 3.05) is 13.7 Å². The van der Waals surface area contributed by atoms with Crippen molar-refractivity contribution in [2.45, 2.75) is 45.4 Å². The van der Waals surface area contributed by atoms with Crippen LogP contribution in [0.4, 0.5) is 0 Å². The SMILES string of the molecule is CCCN1C(=O)c2c(C(=O)NCc3cccc(OC)c3)ncn2CC1(C)C(=O)NCc1ccccc1. The van der Waals surface area contributed by atoms with Crippen LogP contribution in [0.5, 0.6) is 5.75 Å². The van der Waals surface area contributed by atoms with Gasteiger partial charge in [0.25, 0.3) is 11.8 Å². The van der Waals surface area contributed by atoms with Crippen molar-refractivity contribution < 1.29 is 19.1 Å². The van der Waals surface area contributed by atoms with Crippen LogP contribution < -0.4 is 15.4 Å². The average Bonchev–Trinajstić information content (AvgIpc) is 3.32. The van der Waals surface area contributed by atoms with Crippen LogP contribution in [-0.4, -0.2) is 51.4 Å². The highest BCUT2D eigenvalue weighted by Crippen LogP contribution is 2.29. The molecular formula is C27H31N5O4. The van der Waals surface area contributed by atoms with Crippen LogP contribution in [0.15, 0.2) is 60.9 Å². The van der Waals surface area contributed by atoms with Crippen LogP contribution in [0.1, 0.15) is 52.4 Å². The molecule has 1 aliphatic rings. The number of carbonyl (C=O) groups excluding carboxylic acids is 3. The standard InChI is InChI=1S/C27H31N5O4/c1-4-13-32-25(34)23-22(24(33)28-16-20-11-8-12-21(14-20)36-3)30-18-31(23)17-27(32,2)26(35)29-15-19-9-6-5-7-10-19/h5-12,14,18H,4,13,15-17H2,1-3H3,(H,28,33)(H,29,35). The largest absolute Gasteiger partial charge is 0.497 e. The van der Waals surface area contributed by atoms with E-state index in [1.54, 1.807) is 23.5 Å². The highest BCUT2D eigenvalue weighted by Gasteiger charge is 2.48. The van der Waals surface area contributed by atoms with Gasteiger partial charge in [-0.2, -0.15) is 0 Å². The summed E-state index contributed by atoms with van der Waals surface area (Å²) in [6.07, 6.45) is 2.12. The van der Waals surface area contributed by atoms with E-state index in [-0.39, 0.29) is 36.3 Å². The fourth-order valence-electron chi connectivity index (χ4n) is 4.44. The second kappa shape index (κ2) is 10.6. The third kappa shape index (κ3) is 4.95. The molecule has 36 heavy (non-hydrogen) atoms. The van der Waals surface area contributed by atoms with E-state index in [1.807, 2.05) is 61.5 Å². The fourth-order valence-corrected chi connectivity index (χ4v) is 4.44. The Bertz CT molecular complexity index is 1260. The minimum absolute atomic E-state index is 0.0516. The zero-order chi connectivity index (χ0) is 25.7. The van der Waals surface area contributed by atoms with Gasteiger partial charge in [-0.3, -0.25) is 14.4 Å². The highest BCUT2D eigenvalue weighted by atomic mass is 16.5. The van der Waals surface area contributed by atoms with Crippen molar-refractivity contribution in [1.29, 1.82) is 0 Å². The summed E-state index contributed by atoms with van der Waals surface area (Å²) < 4.78 is 6.84. The van der Waals surface area contributed by atoms with Gasteiger partial charge < -0.3 is 24.8 Å². The lowest BCUT2D eigenvalue weighted by Gasteiger charge is -2.43. The molecule has 0 spiro atoms. The zero-order valence-corrected chi connectivity index (χ0v) is 20.8. The van der Waals surface area contributed by atoms with Gasteiger partial charge in [0.1, 0.15) is 17.0 Å². The van der Waals surface area contributed by atoms with Gasteiger partial charge in [0.15, 0.2) is 5.69 Å². The molecule has 0 fully saturated rings. The third-order valence-electron chi connectivity index (χ3n) is 6.39. The predicted octanol–water partition coefficient (Wildman–Crippen LogP) is 2.76. The van der Waals surface area contributed by atoms with Gasteiger partial charge in [0, 0.05) is 19.6 Å². The quantitative estimate of drug-likeness (QED) is 0.481. The number of aromatic nitrogens is 2.